The van der Waals surface area contributed by atoms with Crippen LogP contribution in [-0.2, 0) is 27.9 Å². The summed E-state index contributed by atoms with van der Waals surface area (Å²) in [6.07, 6.45) is 2.79. The number of rotatable bonds is 9. The summed E-state index contributed by atoms with van der Waals surface area (Å²) >= 11 is 6.11. The van der Waals surface area contributed by atoms with Gasteiger partial charge < -0.3 is 28.4 Å². The zero-order valence-corrected chi connectivity index (χ0v) is 25.0. The number of ether oxygens (including phenoxy) is 4. The van der Waals surface area contributed by atoms with Gasteiger partial charge in [-0.25, -0.2) is 19.0 Å². The summed E-state index contributed by atoms with van der Waals surface area (Å²) in [5, 5.41) is 0.479. The lowest BCUT2D eigenvalue weighted by Crippen LogP contribution is -2.36. The molecule has 4 rings (SSSR count). The summed E-state index contributed by atoms with van der Waals surface area (Å²) < 4.78 is 38.9. The van der Waals surface area contributed by atoms with E-state index in [4.69, 9.17) is 30.5 Å². The van der Waals surface area contributed by atoms with Crippen LogP contribution in [-0.4, -0.2) is 64.4 Å². The van der Waals surface area contributed by atoms with Gasteiger partial charge in [-0.3, -0.25) is 4.98 Å². The monoisotopic (exact) mass is 598 g/mol. The molecule has 0 unspecified atom stereocenters. The van der Waals surface area contributed by atoms with Gasteiger partial charge in [0.1, 0.15) is 11.4 Å². The zero-order valence-electron chi connectivity index (χ0n) is 24.2. The number of aromatic nitrogens is 3. The number of benzene rings is 2. The third-order valence-electron chi connectivity index (χ3n) is 6.12. The Balaban J connectivity index is 1.56. The molecule has 12 heteroatoms. The second-order valence-electron chi connectivity index (χ2n) is 10.5. The summed E-state index contributed by atoms with van der Waals surface area (Å²) in [6, 6.07) is 10.1. The average molecular weight is 599 g/mol. The van der Waals surface area contributed by atoms with Crippen LogP contribution >= 0.6 is 11.6 Å². The fraction of sp³-hybridized carbons (Fsp3) is 0.333. The molecule has 0 saturated carbocycles. The molecule has 0 radical (unpaired) electrons. The molecule has 0 fully saturated rings. The molecule has 0 atom stereocenters. The number of carbonyl (C=O) groups is 2. The van der Waals surface area contributed by atoms with E-state index in [1.54, 1.807) is 76.1 Å². The predicted octanol–water partition coefficient (Wildman–Crippen LogP) is 6.39. The molecule has 2 heterocycles. The van der Waals surface area contributed by atoms with Crippen molar-refractivity contribution in [3.05, 3.63) is 71.0 Å². The number of pyridine rings is 1. The normalized spacial score (nSPS) is 11.4. The molecule has 0 bridgehead atoms. The first-order chi connectivity index (χ1) is 19.9. The van der Waals surface area contributed by atoms with Crippen LogP contribution in [0.4, 0.5) is 9.18 Å². The van der Waals surface area contributed by atoms with Gasteiger partial charge in [0.15, 0.2) is 11.6 Å². The molecule has 0 spiro atoms. The molecular weight excluding hydrogens is 567 g/mol. The summed E-state index contributed by atoms with van der Waals surface area (Å²) in [6.45, 7) is 5.82. The Hall–Kier alpha value is -4.22. The number of likely N-dealkylation sites (N-methyl/N-ethyl adjacent to an activating group) is 1. The Labute approximate surface area is 247 Å². The van der Waals surface area contributed by atoms with E-state index in [-0.39, 0.29) is 36.4 Å². The van der Waals surface area contributed by atoms with Crippen molar-refractivity contribution in [1.29, 1.82) is 0 Å². The highest BCUT2D eigenvalue weighted by atomic mass is 35.5. The van der Waals surface area contributed by atoms with Gasteiger partial charge in [0.2, 0.25) is 5.82 Å². The van der Waals surface area contributed by atoms with E-state index in [0.717, 1.165) is 0 Å². The average Bonchev–Trinajstić information content (AvgIpc) is 3.34. The molecule has 222 valence electrons. The number of amides is 1. The molecule has 2 aromatic carbocycles. The Morgan fingerprint density at radius 3 is 2.62 bits per heavy atom. The second-order valence-corrected chi connectivity index (χ2v) is 10.9. The first-order valence-corrected chi connectivity index (χ1v) is 13.4. The lowest BCUT2D eigenvalue weighted by atomic mass is 10.1. The maximum Gasteiger partial charge on any atom is 0.410 e. The van der Waals surface area contributed by atoms with E-state index in [9.17, 15) is 9.59 Å². The van der Waals surface area contributed by atoms with Crippen molar-refractivity contribution in [2.45, 2.75) is 33.0 Å². The Kier molecular flexibility index (Phi) is 9.33. The van der Waals surface area contributed by atoms with Crippen LogP contribution in [0.3, 0.4) is 0 Å². The molecule has 42 heavy (non-hydrogen) atoms. The van der Waals surface area contributed by atoms with Crippen molar-refractivity contribution >= 4 is 34.6 Å². The van der Waals surface area contributed by atoms with E-state index in [0.29, 0.717) is 33.5 Å². The summed E-state index contributed by atoms with van der Waals surface area (Å²) in [5.41, 5.74) is 1.64. The number of imidazole rings is 1. The van der Waals surface area contributed by atoms with E-state index in [1.807, 2.05) is 6.07 Å². The van der Waals surface area contributed by atoms with Crippen LogP contribution in [0, 0.1) is 5.82 Å². The number of halogens is 2. The van der Waals surface area contributed by atoms with Gasteiger partial charge in [-0.1, -0.05) is 23.7 Å². The topological polar surface area (TPSA) is 105 Å². The highest BCUT2D eigenvalue weighted by Crippen LogP contribution is 2.37. The summed E-state index contributed by atoms with van der Waals surface area (Å²) in [4.78, 5) is 34.4. The highest BCUT2D eigenvalue weighted by Gasteiger charge is 2.21. The van der Waals surface area contributed by atoms with Crippen LogP contribution < -0.4 is 4.74 Å². The van der Waals surface area contributed by atoms with Crippen molar-refractivity contribution in [1.82, 2.24) is 19.4 Å². The molecule has 0 aliphatic rings. The number of carbonyl (C=O) groups excluding carboxylic acids is 2. The Bertz CT molecular complexity index is 1620. The number of aryl methyl sites for hydroxylation is 1. The summed E-state index contributed by atoms with van der Waals surface area (Å²) in [5.74, 6) is -0.905. The van der Waals surface area contributed by atoms with Gasteiger partial charge in [-0.2, -0.15) is 0 Å². The van der Waals surface area contributed by atoms with Crippen LogP contribution in [0.1, 0.15) is 37.0 Å². The van der Waals surface area contributed by atoms with Gasteiger partial charge in [0.05, 0.1) is 36.6 Å². The van der Waals surface area contributed by atoms with Gasteiger partial charge in [-0.15, -0.1) is 0 Å². The number of methoxy groups -OCH3 is 1. The van der Waals surface area contributed by atoms with E-state index < -0.39 is 23.5 Å². The van der Waals surface area contributed by atoms with Gasteiger partial charge in [-0.05, 0) is 45.0 Å². The number of nitrogens with zero attached hydrogens (tertiary/aromatic N) is 4. The van der Waals surface area contributed by atoms with Gasteiger partial charge in [0, 0.05) is 49.5 Å². The molecule has 10 nitrogen and oxygen atoms in total. The van der Waals surface area contributed by atoms with Gasteiger partial charge >= 0.3 is 12.1 Å². The highest BCUT2D eigenvalue weighted by molar-refractivity contribution is 6.30. The van der Waals surface area contributed by atoms with E-state index >= 15 is 4.39 Å². The molecular formula is C30H32ClFN4O6. The molecule has 1 amide bonds. The maximum absolute atomic E-state index is 15.3. The molecule has 0 aliphatic heterocycles. The molecule has 0 saturated heterocycles. The Morgan fingerprint density at radius 2 is 1.90 bits per heavy atom. The molecule has 4 aromatic rings. The lowest BCUT2D eigenvalue weighted by molar-refractivity contribution is 0.0220. The van der Waals surface area contributed by atoms with Crippen LogP contribution in [0.2, 0.25) is 5.02 Å². The number of fused-ring (bicyclic) bond motifs is 1. The molecule has 2 aromatic heterocycles. The number of esters is 1. The third kappa shape index (κ3) is 7.15. The minimum absolute atomic E-state index is 0.00405. The first kappa shape index (κ1) is 30.7. The minimum Gasteiger partial charge on any atom is -0.463 e. The fourth-order valence-corrected chi connectivity index (χ4v) is 4.13. The quantitative estimate of drug-likeness (QED) is 0.161. The molecule has 0 N–H and O–H groups in total. The van der Waals surface area contributed by atoms with Crippen LogP contribution in [0.5, 0.6) is 11.5 Å². The van der Waals surface area contributed by atoms with E-state index in [2.05, 4.69) is 9.97 Å². The van der Waals surface area contributed by atoms with E-state index in [1.165, 1.54) is 18.1 Å². The smallest absolute Gasteiger partial charge is 0.410 e. The second kappa shape index (κ2) is 12.7. The van der Waals surface area contributed by atoms with Crippen molar-refractivity contribution in [2.24, 2.45) is 7.05 Å². The Morgan fingerprint density at radius 1 is 1.14 bits per heavy atom. The first-order valence-electron chi connectivity index (χ1n) is 13.1. The fourth-order valence-electron chi connectivity index (χ4n) is 3.98. The van der Waals surface area contributed by atoms with Crippen molar-refractivity contribution in [3.8, 4) is 22.8 Å². The van der Waals surface area contributed by atoms with Crippen LogP contribution in [0.15, 0.2) is 48.8 Å². The number of hydrogen-bond donors (Lipinski definition) is 0. The largest absolute Gasteiger partial charge is 0.463 e. The van der Waals surface area contributed by atoms with Crippen molar-refractivity contribution in [2.75, 3.05) is 27.3 Å². The lowest BCUT2D eigenvalue weighted by Gasteiger charge is -2.24. The SMILES string of the molecule is COC(=O)c1nc(-c2ccc3nccc(Oc4c(COCCN(C)C(=O)OC(C)(C)C)ccc(Cl)c4F)c3c2)cn1C. The molecule has 0 aliphatic carbocycles. The summed E-state index contributed by atoms with van der Waals surface area (Å²) in [7, 11) is 4.59. The standard InChI is InChI=1S/C30H32ClFN4O6/c1-30(2,3)42-29(38)35(4)13-14-40-17-19-7-9-21(31)25(32)26(19)41-24-11-12-33-22-10-8-18(15-20(22)24)23-16-36(5)27(34-23)28(37)39-6/h7-12,15-16H,13-14,17H2,1-6H3. The zero-order chi connectivity index (χ0) is 30.6. The minimum atomic E-state index is -0.739. The predicted molar refractivity (Wildman–Crippen MR) is 155 cm³/mol. The third-order valence-corrected chi connectivity index (χ3v) is 6.41. The number of hydrogen-bond acceptors (Lipinski definition) is 8. The van der Waals surface area contributed by atoms with Gasteiger partial charge in [0.25, 0.3) is 0 Å². The van der Waals surface area contributed by atoms with Crippen molar-refractivity contribution < 1.29 is 32.9 Å². The van der Waals surface area contributed by atoms with Crippen LogP contribution in [0.25, 0.3) is 22.2 Å². The maximum atomic E-state index is 15.3. The van der Waals surface area contributed by atoms with Crippen molar-refractivity contribution in [3.63, 3.8) is 0 Å².